The summed E-state index contributed by atoms with van der Waals surface area (Å²) in [5.74, 6) is -0.819. The van der Waals surface area contributed by atoms with Gasteiger partial charge in [-0.25, -0.2) is 9.18 Å². The van der Waals surface area contributed by atoms with Crippen molar-refractivity contribution in [2.75, 3.05) is 6.61 Å². The molecule has 3 rings (SSSR count). The average molecular weight is 328 g/mol. The third kappa shape index (κ3) is 3.54. The van der Waals surface area contributed by atoms with Gasteiger partial charge < -0.3 is 9.84 Å². The zero-order chi connectivity index (χ0) is 16.9. The molecule has 1 N–H and O–H groups in total. The third-order valence-electron chi connectivity index (χ3n) is 3.20. The molecule has 0 aliphatic rings. The van der Waals surface area contributed by atoms with Gasteiger partial charge in [-0.05, 0) is 23.4 Å². The van der Waals surface area contributed by atoms with E-state index in [0.717, 1.165) is 0 Å². The van der Waals surface area contributed by atoms with Crippen LogP contribution in [0.1, 0.15) is 5.56 Å². The van der Waals surface area contributed by atoms with Crippen molar-refractivity contribution in [3.8, 4) is 17.1 Å². The van der Waals surface area contributed by atoms with Crippen molar-refractivity contribution in [3.63, 3.8) is 0 Å². The molecule has 1 aromatic heterocycles. The molecule has 0 amide bonds. The summed E-state index contributed by atoms with van der Waals surface area (Å²) in [4.78, 5) is 11.9. The molecule has 1 heterocycles. The second-order valence-electron chi connectivity index (χ2n) is 4.91. The molecule has 0 aliphatic heterocycles. The summed E-state index contributed by atoms with van der Waals surface area (Å²) < 4.78 is 18.9. The molecular formula is C16H13FN4O3. The SMILES string of the molecule is O=C(O)COc1ccccc1-c1nnn(Cc2ccccc2F)n1. The zero-order valence-electron chi connectivity index (χ0n) is 12.5. The van der Waals surface area contributed by atoms with Gasteiger partial charge in [-0.3, -0.25) is 0 Å². The van der Waals surface area contributed by atoms with Crippen LogP contribution in [0.5, 0.6) is 5.75 Å². The van der Waals surface area contributed by atoms with Crippen molar-refractivity contribution in [1.82, 2.24) is 20.2 Å². The molecule has 24 heavy (non-hydrogen) atoms. The first-order valence-electron chi connectivity index (χ1n) is 7.08. The van der Waals surface area contributed by atoms with Crippen LogP contribution in [0.25, 0.3) is 11.4 Å². The number of aromatic nitrogens is 4. The van der Waals surface area contributed by atoms with Gasteiger partial charge in [0.05, 0.1) is 12.1 Å². The molecule has 2 aromatic carbocycles. The van der Waals surface area contributed by atoms with Crippen molar-refractivity contribution < 1.29 is 19.0 Å². The molecule has 122 valence electrons. The molecule has 0 atom stereocenters. The van der Waals surface area contributed by atoms with E-state index in [9.17, 15) is 9.18 Å². The summed E-state index contributed by atoms with van der Waals surface area (Å²) in [5.41, 5.74) is 0.954. The van der Waals surface area contributed by atoms with Crippen molar-refractivity contribution in [2.24, 2.45) is 0 Å². The summed E-state index contributed by atoms with van der Waals surface area (Å²) in [5, 5.41) is 20.8. The molecule has 0 aliphatic carbocycles. The number of aliphatic carboxylic acids is 1. The Kier molecular flexibility index (Phi) is 4.46. The lowest BCUT2D eigenvalue weighted by Crippen LogP contribution is -2.10. The highest BCUT2D eigenvalue weighted by atomic mass is 19.1. The first-order chi connectivity index (χ1) is 11.6. The fourth-order valence-electron chi connectivity index (χ4n) is 2.11. The topological polar surface area (TPSA) is 90.1 Å². The summed E-state index contributed by atoms with van der Waals surface area (Å²) >= 11 is 0. The van der Waals surface area contributed by atoms with Gasteiger partial charge in [0, 0.05) is 5.56 Å². The number of para-hydroxylation sites is 1. The quantitative estimate of drug-likeness (QED) is 0.744. The number of carboxylic acids is 1. The molecule has 0 saturated heterocycles. The van der Waals surface area contributed by atoms with Crippen LogP contribution in [0.4, 0.5) is 4.39 Å². The summed E-state index contributed by atoms with van der Waals surface area (Å²) in [6.07, 6.45) is 0. The normalized spacial score (nSPS) is 10.5. The highest BCUT2D eigenvalue weighted by Gasteiger charge is 2.13. The highest BCUT2D eigenvalue weighted by molar-refractivity contribution is 5.70. The number of nitrogens with zero attached hydrogens (tertiary/aromatic N) is 4. The highest BCUT2D eigenvalue weighted by Crippen LogP contribution is 2.26. The van der Waals surface area contributed by atoms with Crippen LogP contribution in [0.2, 0.25) is 0 Å². The van der Waals surface area contributed by atoms with E-state index in [1.807, 2.05) is 0 Å². The van der Waals surface area contributed by atoms with Gasteiger partial charge in [-0.2, -0.15) is 4.80 Å². The van der Waals surface area contributed by atoms with Crippen molar-refractivity contribution in [2.45, 2.75) is 6.54 Å². The van der Waals surface area contributed by atoms with Crippen LogP contribution < -0.4 is 4.74 Å². The van der Waals surface area contributed by atoms with E-state index < -0.39 is 12.6 Å². The number of carboxylic acid groups (broad SMARTS) is 1. The monoisotopic (exact) mass is 328 g/mol. The second kappa shape index (κ2) is 6.86. The number of rotatable bonds is 6. The largest absolute Gasteiger partial charge is 0.481 e. The Labute approximate surface area is 136 Å². The van der Waals surface area contributed by atoms with Crippen LogP contribution in [-0.2, 0) is 11.3 Å². The van der Waals surface area contributed by atoms with E-state index in [4.69, 9.17) is 9.84 Å². The Balaban J connectivity index is 1.83. The minimum atomic E-state index is -1.08. The van der Waals surface area contributed by atoms with E-state index >= 15 is 0 Å². The maximum atomic E-state index is 13.7. The molecule has 0 radical (unpaired) electrons. The molecule has 0 bridgehead atoms. The van der Waals surface area contributed by atoms with Gasteiger partial charge in [-0.1, -0.05) is 30.3 Å². The number of carbonyl (C=O) groups is 1. The number of halogens is 1. The second-order valence-corrected chi connectivity index (χ2v) is 4.91. The number of hydrogen-bond donors (Lipinski definition) is 1. The number of ether oxygens (including phenoxy) is 1. The van der Waals surface area contributed by atoms with Crippen LogP contribution in [0.3, 0.4) is 0 Å². The standard InChI is InChI=1S/C16H13FN4O3/c17-13-7-3-1-5-11(13)9-21-19-16(18-20-21)12-6-2-4-8-14(12)24-10-15(22)23/h1-8H,9-10H2,(H,22,23). The van der Waals surface area contributed by atoms with Crippen LogP contribution in [-0.4, -0.2) is 37.9 Å². The number of tetrazole rings is 1. The van der Waals surface area contributed by atoms with Gasteiger partial charge >= 0.3 is 5.97 Å². The molecule has 0 fully saturated rings. The minimum absolute atomic E-state index is 0.137. The molecular weight excluding hydrogens is 315 g/mol. The fourth-order valence-corrected chi connectivity index (χ4v) is 2.11. The lowest BCUT2D eigenvalue weighted by atomic mass is 10.2. The Morgan fingerprint density at radius 1 is 1.17 bits per heavy atom. The molecule has 7 nitrogen and oxygen atoms in total. The van der Waals surface area contributed by atoms with Gasteiger partial charge in [0.25, 0.3) is 0 Å². The lowest BCUT2D eigenvalue weighted by molar-refractivity contribution is -0.139. The van der Waals surface area contributed by atoms with Crippen molar-refractivity contribution >= 4 is 5.97 Å². The Morgan fingerprint density at radius 3 is 2.71 bits per heavy atom. The maximum Gasteiger partial charge on any atom is 0.341 e. The number of hydrogen-bond acceptors (Lipinski definition) is 5. The summed E-state index contributed by atoms with van der Waals surface area (Å²) in [7, 11) is 0. The Hall–Kier alpha value is -3.29. The van der Waals surface area contributed by atoms with Gasteiger partial charge in [-0.15, -0.1) is 10.2 Å². The van der Waals surface area contributed by atoms with Gasteiger partial charge in [0.15, 0.2) is 6.61 Å². The third-order valence-corrected chi connectivity index (χ3v) is 3.20. The first kappa shape index (κ1) is 15.6. The van der Waals surface area contributed by atoms with Gasteiger partial charge in [0.1, 0.15) is 11.6 Å². The molecule has 8 heteroatoms. The molecule has 0 spiro atoms. The minimum Gasteiger partial charge on any atom is -0.481 e. The Bertz CT molecular complexity index is 866. The first-order valence-corrected chi connectivity index (χ1v) is 7.08. The maximum absolute atomic E-state index is 13.7. The molecule has 0 unspecified atom stereocenters. The predicted molar refractivity (Wildman–Crippen MR) is 81.9 cm³/mol. The average Bonchev–Trinajstić information content (AvgIpc) is 3.04. The summed E-state index contributed by atoms with van der Waals surface area (Å²) in [6, 6.07) is 13.1. The predicted octanol–water partition coefficient (Wildman–Crippen LogP) is 1.99. The van der Waals surface area contributed by atoms with Gasteiger partial charge in [0.2, 0.25) is 5.82 Å². The smallest absolute Gasteiger partial charge is 0.341 e. The zero-order valence-corrected chi connectivity index (χ0v) is 12.5. The van der Waals surface area contributed by atoms with Crippen molar-refractivity contribution in [3.05, 3.63) is 59.9 Å². The molecule has 3 aromatic rings. The summed E-state index contributed by atoms with van der Waals surface area (Å²) in [6.45, 7) is -0.335. The van der Waals surface area contributed by atoms with E-state index in [2.05, 4.69) is 15.4 Å². The van der Waals surface area contributed by atoms with Crippen molar-refractivity contribution in [1.29, 1.82) is 0 Å². The lowest BCUT2D eigenvalue weighted by Gasteiger charge is -2.06. The van der Waals surface area contributed by atoms with E-state index in [0.29, 0.717) is 16.9 Å². The number of benzene rings is 2. The van der Waals surface area contributed by atoms with E-state index in [1.54, 1.807) is 42.5 Å². The molecule has 0 saturated carbocycles. The van der Waals surface area contributed by atoms with Crippen LogP contribution >= 0.6 is 0 Å². The van der Waals surface area contributed by atoms with Crippen LogP contribution in [0, 0.1) is 5.82 Å². The Morgan fingerprint density at radius 2 is 1.92 bits per heavy atom. The van der Waals surface area contributed by atoms with Crippen LogP contribution in [0.15, 0.2) is 48.5 Å². The van der Waals surface area contributed by atoms with E-state index in [1.165, 1.54) is 10.9 Å². The fraction of sp³-hybridized carbons (Fsp3) is 0.125. The van der Waals surface area contributed by atoms with E-state index in [-0.39, 0.29) is 18.2 Å².